The molecule has 146 valence electrons. The Balaban J connectivity index is 1.51. The van der Waals surface area contributed by atoms with Crippen LogP contribution in [-0.2, 0) is 24.3 Å². The Hall–Kier alpha value is -2.94. The van der Waals surface area contributed by atoms with E-state index in [0.29, 0.717) is 33.0 Å². The highest BCUT2D eigenvalue weighted by molar-refractivity contribution is 7.20. The van der Waals surface area contributed by atoms with E-state index in [-0.39, 0.29) is 23.9 Å². The summed E-state index contributed by atoms with van der Waals surface area (Å²) in [4.78, 5) is 43.2. The number of nitrogens with zero attached hydrogens (tertiary/aromatic N) is 2. The molecule has 28 heavy (non-hydrogen) atoms. The smallest absolute Gasteiger partial charge is 0.262 e. The summed E-state index contributed by atoms with van der Waals surface area (Å²) >= 11 is 1.19. The highest BCUT2D eigenvalue weighted by atomic mass is 32.1. The van der Waals surface area contributed by atoms with E-state index < -0.39 is 6.04 Å². The zero-order chi connectivity index (χ0) is 19.8. The van der Waals surface area contributed by atoms with Gasteiger partial charge in [0.1, 0.15) is 22.5 Å². The van der Waals surface area contributed by atoms with Crippen molar-refractivity contribution < 1.29 is 14.0 Å². The third-order valence-electron chi connectivity index (χ3n) is 4.88. The minimum Gasteiger partial charge on any atom is -0.467 e. The van der Waals surface area contributed by atoms with Crippen LogP contribution in [0.15, 0.2) is 27.6 Å². The van der Waals surface area contributed by atoms with Crippen molar-refractivity contribution in [3.05, 3.63) is 50.8 Å². The fourth-order valence-corrected chi connectivity index (χ4v) is 4.45. The molecule has 3 aromatic heterocycles. The van der Waals surface area contributed by atoms with Gasteiger partial charge in [0.05, 0.1) is 23.1 Å². The number of fused-ring (bicyclic) bond motifs is 2. The van der Waals surface area contributed by atoms with Crippen LogP contribution in [0.25, 0.3) is 10.2 Å². The van der Waals surface area contributed by atoms with Gasteiger partial charge in [-0.15, -0.1) is 11.3 Å². The van der Waals surface area contributed by atoms with E-state index in [1.54, 1.807) is 30.5 Å². The van der Waals surface area contributed by atoms with E-state index in [1.807, 2.05) is 0 Å². The predicted octanol–water partition coefficient (Wildman–Crippen LogP) is 1.74. The van der Waals surface area contributed by atoms with E-state index in [0.717, 1.165) is 18.7 Å². The van der Waals surface area contributed by atoms with Crippen molar-refractivity contribution in [3.8, 4) is 0 Å². The molecular weight excluding hydrogens is 380 g/mol. The molecule has 0 aliphatic carbocycles. The van der Waals surface area contributed by atoms with Gasteiger partial charge in [-0.05, 0) is 38.0 Å². The number of hydrogen-bond acceptors (Lipinski definition) is 6. The molecule has 0 aromatic carbocycles. The zero-order valence-electron chi connectivity index (χ0n) is 15.6. The summed E-state index contributed by atoms with van der Waals surface area (Å²) < 4.78 is 6.86. The lowest BCUT2D eigenvalue weighted by atomic mass is 10.2. The van der Waals surface area contributed by atoms with Crippen LogP contribution in [0.1, 0.15) is 40.2 Å². The zero-order valence-corrected chi connectivity index (χ0v) is 16.4. The van der Waals surface area contributed by atoms with Crippen molar-refractivity contribution in [1.29, 1.82) is 0 Å². The summed E-state index contributed by atoms with van der Waals surface area (Å²) in [5.74, 6) is 0.703. The Morgan fingerprint density at radius 3 is 3.00 bits per heavy atom. The van der Waals surface area contributed by atoms with Crippen molar-refractivity contribution in [2.75, 3.05) is 0 Å². The van der Waals surface area contributed by atoms with Gasteiger partial charge >= 0.3 is 0 Å². The number of hydrogen-bond donors (Lipinski definition) is 2. The third-order valence-corrected chi connectivity index (χ3v) is 6.06. The minimum absolute atomic E-state index is 0.0884. The van der Waals surface area contributed by atoms with Crippen LogP contribution in [0.4, 0.5) is 0 Å². The first-order valence-corrected chi connectivity index (χ1v) is 9.91. The molecule has 4 heterocycles. The average Bonchev–Trinajstić information content (AvgIpc) is 3.40. The van der Waals surface area contributed by atoms with Gasteiger partial charge in [-0.1, -0.05) is 0 Å². The van der Waals surface area contributed by atoms with E-state index >= 15 is 0 Å². The topological polar surface area (TPSA) is 106 Å². The Morgan fingerprint density at radius 2 is 2.25 bits per heavy atom. The van der Waals surface area contributed by atoms with Crippen LogP contribution in [-0.4, -0.2) is 27.4 Å². The third kappa shape index (κ3) is 3.22. The van der Waals surface area contributed by atoms with Gasteiger partial charge in [0.2, 0.25) is 5.91 Å². The molecule has 2 amide bonds. The fourth-order valence-electron chi connectivity index (χ4n) is 3.36. The number of carbonyl (C=O) groups is 2. The second-order valence-corrected chi connectivity index (χ2v) is 7.82. The summed E-state index contributed by atoms with van der Waals surface area (Å²) in [6.07, 6.45) is 3.22. The van der Waals surface area contributed by atoms with Crippen LogP contribution in [0.5, 0.6) is 0 Å². The minimum atomic E-state index is -0.730. The molecule has 0 radical (unpaired) electrons. The fraction of sp³-hybridized carbons (Fsp3) is 0.368. The number of furan rings is 1. The van der Waals surface area contributed by atoms with Gasteiger partial charge in [0.15, 0.2) is 0 Å². The van der Waals surface area contributed by atoms with Crippen molar-refractivity contribution in [2.45, 2.75) is 45.8 Å². The largest absolute Gasteiger partial charge is 0.467 e. The van der Waals surface area contributed by atoms with Crippen molar-refractivity contribution in [1.82, 2.24) is 20.2 Å². The van der Waals surface area contributed by atoms with Crippen LogP contribution >= 0.6 is 11.3 Å². The standard InChI is InChI=1S/C19H20N4O4S/c1-10-14-18(22-13-6-3-7-23(13)19(14)26)28-15(10)17(25)21-11(2)16(24)20-9-12-5-4-8-27-12/h4-5,8,11H,3,6-7,9H2,1-2H3,(H,20,24)(H,21,25). The lowest BCUT2D eigenvalue weighted by Crippen LogP contribution is -2.44. The van der Waals surface area contributed by atoms with E-state index in [4.69, 9.17) is 4.42 Å². The number of aromatic nitrogens is 2. The van der Waals surface area contributed by atoms with E-state index in [2.05, 4.69) is 15.6 Å². The maximum absolute atomic E-state index is 12.7. The van der Waals surface area contributed by atoms with Crippen LogP contribution < -0.4 is 16.2 Å². The Morgan fingerprint density at radius 1 is 1.43 bits per heavy atom. The molecule has 8 nitrogen and oxygen atoms in total. The predicted molar refractivity (Wildman–Crippen MR) is 104 cm³/mol. The normalized spacial score (nSPS) is 14.1. The SMILES string of the molecule is Cc1c(C(=O)NC(C)C(=O)NCc2ccco2)sc2nc3n(c(=O)c12)CCC3. The molecule has 0 saturated heterocycles. The number of rotatable bonds is 5. The number of thiophene rings is 1. The molecule has 1 unspecified atom stereocenters. The average molecular weight is 400 g/mol. The van der Waals surface area contributed by atoms with Gasteiger partial charge in [-0.2, -0.15) is 0 Å². The number of amides is 2. The maximum atomic E-state index is 12.7. The molecule has 3 aromatic rings. The lowest BCUT2D eigenvalue weighted by molar-refractivity contribution is -0.122. The van der Waals surface area contributed by atoms with Crippen LogP contribution in [0.2, 0.25) is 0 Å². The highest BCUT2D eigenvalue weighted by Crippen LogP contribution is 2.28. The molecule has 1 atom stereocenters. The molecule has 2 N–H and O–H groups in total. The van der Waals surface area contributed by atoms with Crippen LogP contribution in [0.3, 0.4) is 0 Å². The molecule has 0 bridgehead atoms. The van der Waals surface area contributed by atoms with Crippen molar-refractivity contribution in [2.24, 2.45) is 0 Å². The summed E-state index contributed by atoms with van der Waals surface area (Å²) in [5, 5.41) is 5.91. The Kier molecular flexibility index (Phi) is 4.76. The molecule has 0 saturated carbocycles. The molecule has 9 heteroatoms. The molecule has 1 aliphatic rings. The first-order chi connectivity index (χ1) is 13.5. The second kappa shape index (κ2) is 7.23. The first-order valence-electron chi connectivity index (χ1n) is 9.09. The van der Waals surface area contributed by atoms with E-state index in [9.17, 15) is 14.4 Å². The van der Waals surface area contributed by atoms with E-state index in [1.165, 1.54) is 17.6 Å². The summed E-state index contributed by atoms with van der Waals surface area (Å²) in [5.41, 5.74) is 0.523. The molecule has 4 rings (SSSR count). The van der Waals surface area contributed by atoms with Crippen molar-refractivity contribution in [3.63, 3.8) is 0 Å². The van der Waals surface area contributed by atoms with Gasteiger partial charge in [0.25, 0.3) is 11.5 Å². The van der Waals surface area contributed by atoms with Crippen LogP contribution in [0, 0.1) is 6.92 Å². The molecule has 0 fully saturated rings. The van der Waals surface area contributed by atoms with Gasteiger partial charge in [-0.3, -0.25) is 19.0 Å². The maximum Gasteiger partial charge on any atom is 0.262 e. The number of aryl methyl sites for hydroxylation is 2. The van der Waals surface area contributed by atoms with Gasteiger partial charge in [0, 0.05) is 13.0 Å². The van der Waals surface area contributed by atoms with Gasteiger partial charge in [-0.25, -0.2) is 4.98 Å². The lowest BCUT2D eigenvalue weighted by Gasteiger charge is -2.13. The second-order valence-electron chi connectivity index (χ2n) is 6.82. The first kappa shape index (κ1) is 18.4. The van der Waals surface area contributed by atoms with Gasteiger partial charge < -0.3 is 15.1 Å². The Bertz CT molecular complexity index is 1110. The highest BCUT2D eigenvalue weighted by Gasteiger charge is 2.25. The number of nitrogens with one attached hydrogen (secondary N) is 2. The summed E-state index contributed by atoms with van der Waals surface area (Å²) in [6, 6.07) is 2.77. The quantitative estimate of drug-likeness (QED) is 0.679. The monoisotopic (exact) mass is 400 g/mol. The molecule has 1 aliphatic heterocycles. The molecular formula is C19H20N4O4S. The summed E-state index contributed by atoms with van der Waals surface area (Å²) in [7, 11) is 0. The number of carbonyl (C=O) groups excluding carboxylic acids is 2. The van der Waals surface area contributed by atoms with Crippen molar-refractivity contribution >= 4 is 33.4 Å². The molecule has 0 spiro atoms. The summed E-state index contributed by atoms with van der Waals surface area (Å²) in [6.45, 7) is 4.28. The Labute approximate surface area is 164 Å².